The van der Waals surface area contributed by atoms with Crippen molar-refractivity contribution in [2.75, 3.05) is 0 Å². The summed E-state index contributed by atoms with van der Waals surface area (Å²) in [6.45, 7) is 14.4. The van der Waals surface area contributed by atoms with Crippen molar-refractivity contribution in [3.8, 4) is 0 Å². The lowest BCUT2D eigenvalue weighted by Gasteiger charge is -2.21. The number of rotatable bonds is 7. The number of thiol groups is 1. The van der Waals surface area contributed by atoms with Crippen LogP contribution in [0.5, 0.6) is 0 Å². The Morgan fingerprint density at radius 1 is 1.29 bits per heavy atom. The number of nitrogens with one attached hydrogen (secondary N) is 1. The first kappa shape index (κ1) is 19.0. The molecule has 0 aromatic carbocycles. The lowest BCUT2D eigenvalue weighted by atomic mass is 10.00. The summed E-state index contributed by atoms with van der Waals surface area (Å²) in [7, 11) is 0. The van der Waals surface area contributed by atoms with E-state index < -0.39 is 0 Å². The maximum atomic E-state index is 4.65. The van der Waals surface area contributed by atoms with Crippen molar-refractivity contribution >= 4 is 12.6 Å². The molecule has 2 heteroatoms. The van der Waals surface area contributed by atoms with Crippen molar-refractivity contribution in [2.45, 2.75) is 71.5 Å². The second kappa shape index (κ2) is 12.1. The monoisotopic (exact) mass is 257 g/mol. The van der Waals surface area contributed by atoms with Gasteiger partial charge in [0.05, 0.1) is 0 Å². The summed E-state index contributed by atoms with van der Waals surface area (Å²) in [5.41, 5.74) is 1.23. The molecule has 17 heavy (non-hydrogen) atoms. The van der Waals surface area contributed by atoms with Crippen LogP contribution in [0.2, 0.25) is 0 Å². The highest BCUT2D eigenvalue weighted by Crippen LogP contribution is 2.25. The van der Waals surface area contributed by atoms with Crippen molar-refractivity contribution in [3.63, 3.8) is 0 Å². The highest BCUT2D eigenvalue weighted by Gasteiger charge is 2.15. The standard InChI is InChI=1S/C12H23NS.C3H8/c1-5-9-12(4,14)10-8-11(6-2)13-7-3;1-3-2/h7-8,13-14H,3,5-6,9-10H2,1-2,4H3;3H2,1-2H3/b11-8+;. The van der Waals surface area contributed by atoms with E-state index in [1.54, 1.807) is 6.20 Å². The maximum Gasteiger partial charge on any atom is 0.0136 e. The van der Waals surface area contributed by atoms with Gasteiger partial charge in [-0.1, -0.05) is 60.1 Å². The highest BCUT2D eigenvalue weighted by atomic mass is 32.1. The van der Waals surface area contributed by atoms with E-state index in [1.165, 1.54) is 18.5 Å². The van der Waals surface area contributed by atoms with Gasteiger partial charge in [-0.25, -0.2) is 0 Å². The molecule has 0 heterocycles. The van der Waals surface area contributed by atoms with Crippen LogP contribution in [-0.4, -0.2) is 4.75 Å². The van der Waals surface area contributed by atoms with E-state index >= 15 is 0 Å². The van der Waals surface area contributed by atoms with Gasteiger partial charge in [0.15, 0.2) is 0 Å². The van der Waals surface area contributed by atoms with Gasteiger partial charge in [0, 0.05) is 10.4 Å². The summed E-state index contributed by atoms with van der Waals surface area (Å²) in [4.78, 5) is 0. The third-order valence-electron chi connectivity index (χ3n) is 2.25. The zero-order chi connectivity index (χ0) is 13.7. The number of hydrogen-bond acceptors (Lipinski definition) is 2. The molecular formula is C15H31NS. The predicted molar refractivity (Wildman–Crippen MR) is 84.6 cm³/mol. The fraction of sp³-hybridized carbons (Fsp3) is 0.733. The van der Waals surface area contributed by atoms with E-state index in [9.17, 15) is 0 Å². The minimum atomic E-state index is 0.123. The Morgan fingerprint density at radius 3 is 2.18 bits per heavy atom. The van der Waals surface area contributed by atoms with Crippen LogP contribution in [0.4, 0.5) is 0 Å². The van der Waals surface area contributed by atoms with Gasteiger partial charge >= 0.3 is 0 Å². The van der Waals surface area contributed by atoms with E-state index in [0.717, 1.165) is 19.3 Å². The fourth-order valence-corrected chi connectivity index (χ4v) is 1.74. The Hall–Kier alpha value is -0.370. The first-order valence-corrected chi connectivity index (χ1v) is 7.20. The van der Waals surface area contributed by atoms with Crippen molar-refractivity contribution < 1.29 is 0 Å². The molecule has 1 atom stereocenters. The number of allylic oxidation sites excluding steroid dienone is 2. The molecular weight excluding hydrogens is 226 g/mol. The average molecular weight is 257 g/mol. The zero-order valence-corrected chi connectivity index (χ0v) is 13.2. The molecule has 1 nitrogen and oxygen atoms in total. The molecule has 1 unspecified atom stereocenters. The lowest BCUT2D eigenvalue weighted by Crippen LogP contribution is -2.15. The number of hydrogen-bond donors (Lipinski definition) is 2. The molecule has 0 radical (unpaired) electrons. The molecule has 0 aliphatic carbocycles. The Morgan fingerprint density at radius 2 is 1.82 bits per heavy atom. The van der Waals surface area contributed by atoms with Gasteiger partial charge in [-0.15, -0.1) is 0 Å². The molecule has 0 amide bonds. The van der Waals surface area contributed by atoms with E-state index in [-0.39, 0.29) is 4.75 Å². The molecule has 1 N–H and O–H groups in total. The Bertz CT molecular complexity index is 207. The quantitative estimate of drug-likeness (QED) is 0.589. The molecule has 0 aliphatic rings. The summed E-state index contributed by atoms with van der Waals surface area (Å²) < 4.78 is 0.123. The van der Waals surface area contributed by atoms with Gasteiger partial charge in [0.25, 0.3) is 0 Å². The van der Waals surface area contributed by atoms with Crippen LogP contribution in [0.3, 0.4) is 0 Å². The van der Waals surface area contributed by atoms with Crippen molar-refractivity contribution in [3.05, 3.63) is 24.6 Å². The van der Waals surface area contributed by atoms with Gasteiger partial charge in [0.1, 0.15) is 0 Å². The third kappa shape index (κ3) is 13.6. The summed E-state index contributed by atoms with van der Waals surface area (Å²) in [6, 6.07) is 0. The normalized spacial score (nSPS) is 14.4. The van der Waals surface area contributed by atoms with Gasteiger partial charge < -0.3 is 5.32 Å². The van der Waals surface area contributed by atoms with Crippen molar-refractivity contribution in [1.29, 1.82) is 0 Å². The smallest absolute Gasteiger partial charge is 0.0136 e. The summed E-state index contributed by atoms with van der Waals surface area (Å²) in [5.74, 6) is 0. The molecule has 102 valence electrons. The van der Waals surface area contributed by atoms with Crippen molar-refractivity contribution in [1.82, 2.24) is 5.32 Å². The van der Waals surface area contributed by atoms with Crippen LogP contribution < -0.4 is 5.32 Å². The second-order valence-corrected chi connectivity index (χ2v) is 5.67. The topological polar surface area (TPSA) is 12.0 Å². The first-order chi connectivity index (χ1) is 7.97. The Balaban J connectivity index is 0. The SMILES string of the molecule is C=CN/C(=C/CC(C)(S)CCC)CC.CCC. The van der Waals surface area contributed by atoms with E-state index in [0.29, 0.717) is 0 Å². The zero-order valence-electron chi connectivity index (χ0n) is 12.3. The van der Waals surface area contributed by atoms with Crippen LogP contribution in [0.25, 0.3) is 0 Å². The average Bonchev–Trinajstić information content (AvgIpc) is 2.25. The van der Waals surface area contributed by atoms with Gasteiger partial charge in [-0.3, -0.25) is 0 Å². The minimum absolute atomic E-state index is 0.123. The van der Waals surface area contributed by atoms with E-state index in [1.807, 2.05) is 0 Å². The van der Waals surface area contributed by atoms with E-state index in [2.05, 4.69) is 65.2 Å². The Kier molecular flexibility index (Phi) is 13.5. The highest BCUT2D eigenvalue weighted by molar-refractivity contribution is 7.81. The molecule has 0 aliphatic heterocycles. The van der Waals surface area contributed by atoms with Gasteiger partial charge in [-0.2, -0.15) is 12.6 Å². The van der Waals surface area contributed by atoms with Gasteiger partial charge in [-0.05, 0) is 25.5 Å². The van der Waals surface area contributed by atoms with Crippen LogP contribution in [-0.2, 0) is 0 Å². The lowest BCUT2D eigenvalue weighted by molar-refractivity contribution is 0.585. The van der Waals surface area contributed by atoms with Gasteiger partial charge in [0.2, 0.25) is 0 Å². The largest absolute Gasteiger partial charge is 0.366 e. The Labute approximate surface area is 114 Å². The summed E-state index contributed by atoms with van der Waals surface area (Å²) >= 11 is 4.65. The van der Waals surface area contributed by atoms with Crippen LogP contribution in [0.1, 0.15) is 66.7 Å². The molecule has 0 fully saturated rings. The van der Waals surface area contributed by atoms with E-state index in [4.69, 9.17) is 0 Å². The fourth-order valence-electron chi connectivity index (χ4n) is 1.42. The minimum Gasteiger partial charge on any atom is -0.366 e. The summed E-state index contributed by atoms with van der Waals surface area (Å²) in [6.07, 6.45) is 9.56. The van der Waals surface area contributed by atoms with Crippen molar-refractivity contribution in [2.24, 2.45) is 0 Å². The third-order valence-corrected chi connectivity index (χ3v) is 2.65. The second-order valence-electron chi connectivity index (χ2n) is 4.59. The molecule has 0 aromatic rings. The van der Waals surface area contributed by atoms with Crippen LogP contribution in [0, 0.1) is 0 Å². The molecule has 0 spiro atoms. The predicted octanol–water partition coefficient (Wildman–Crippen LogP) is 5.31. The molecule has 0 aromatic heterocycles. The molecule has 0 saturated heterocycles. The van der Waals surface area contributed by atoms with Crippen LogP contribution >= 0.6 is 12.6 Å². The molecule has 0 saturated carbocycles. The maximum absolute atomic E-state index is 4.65. The van der Waals surface area contributed by atoms with Crippen LogP contribution in [0.15, 0.2) is 24.6 Å². The molecule has 0 bridgehead atoms. The molecule has 0 rings (SSSR count). The first-order valence-electron chi connectivity index (χ1n) is 6.76. The summed E-state index contributed by atoms with van der Waals surface area (Å²) in [5, 5.41) is 3.14.